The molecule has 0 aromatic heterocycles. The minimum absolute atomic E-state index is 0.126. The average molecular weight is 280 g/mol. The van der Waals surface area contributed by atoms with Gasteiger partial charge in [-0.05, 0) is 36.0 Å². The Morgan fingerprint density at radius 3 is 1.67 bits per heavy atom. The predicted octanol–water partition coefficient (Wildman–Crippen LogP) is 3.97. The van der Waals surface area contributed by atoms with Gasteiger partial charge in [-0.15, -0.1) is 0 Å². The molecule has 0 saturated carbocycles. The fraction of sp³-hybridized carbons (Fsp3) is 1.00. The molecule has 0 aliphatic heterocycles. The van der Waals surface area contributed by atoms with E-state index in [1.165, 1.54) is 0 Å². The largest absolute Gasteiger partial charge is 0.469 e. The van der Waals surface area contributed by atoms with Crippen LogP contribution in [-0.4, -0.2) is 16.4 Å². The van der Waals surface area contributed by atoms with Crippen molar-refractivity contribution in [2.45, 2.75) is 60.8 Å². The molecule has 0 spiro atoms. The van der Waals surface area contributed by atoms with Gasteiger partial charge in [-0.1, -0.05) is 41.5 Å². The maximum Gasteiger partial charge on any atom is 0.469 e. The second-order valence-electron chi connectivity index (χ2n) is 7.51. The number of phosphoric acid groups is 1. The third-order valence-electron chi connectivity index (χ3n) is 2.59. The van der Waals surface area contributed by atoms with Crippen molar-refractivity contribution < 1.29 is 18.9 Å². The van der Waals surface area contributed by atoms with Gasteiger partial charge in [0.2, 0.25) is 0 Å². The minimum Gasteiger partial charge on any atom is -0.303 e. The van der Waals surface area contributed by atoms with Crippen LogP contribution < -0.4 is 0 Å². The lowest BCUT2D eigenvalue weighted by atomic mass is 9.76. The highest BCUT2D eigenvalue weighted by atomic mass is 31.2. The Bertz CT molecular complexity index is 266. The van der Waals surface area contributed by atoms with Crippen LogP contribution in [0.25, 0.3) is 0 Å². The van der Waals surface area contributed by atoms with Crippen molar-refractivity contribution in [3.05, 3.63) is 0 Å². The summed E-state index contributed by atoms with van der Waals surface area (Å²) in [5, 5.41) is 0. The maximum absolute atomic E-state index is 10.7. The Labute approximate surface area is 111 Å². The first-order valence-electron chi connectivity index (χ1n) is 6.49. The molecule has 18 heavy (non-hydrogen) atoms. The molecule has 0 aromatic carbocycles. The lowest BCUT2D eigenvalue weighted by Crippen LogP contribution is -2.20. The van der Waals surface area contributed by atoms with E-state index in [-0.39, 0.29) is 17.4 Å². The summed E-state index contributed by atoms with van der Waals surface area (Å²) in [5.74, 6) is 0.427. The molecule has 0 rings (SSSR count). The van der Waals surface area contributed by atoms with E-state index >= 15 is 0 Å². The molecule has 0 aromatic rings. The van der Waals surface area contributed by atoms with E-state index in [1.54, 1.807) is 0 Å². The van der Waals surface area contributed by atoms with Gasteiger partial charge in [0, 0.05) is 0 Å². The third-order valence-corrected chi connectivity index (χ3v) is 3.11. The first kappa shape index (κ1) is 18.1. The Balaban J connectivity index is 4.35. The van der Waals surface area contributed by atoms with Gasteiger partial charge in [-0.3, -0.25) is 4.52 Å². The van der Waals surface area contributed by atoms with Gasteiger partial charge >= 0.3 is 7.82 Å². The highest BCUT2D eigenvalue weighted by Crippen LogP contribution is 2.38. The van der Waals surface area contributed by atoms with Gasteiger partial charge in [0.25, 0.3) is 0 Å². The van der Waals surface area contributed by atoms with Crippen LogP contribution >= 0.6 is 7.82 Å². The summed E-state index contributed by atoms with van der Waals surface area (Å²) < 4.78 is 15.2. The molecule has 110 valence electrons. The summed E-state index contributed by atoms with van der Waals surface area (Å²) in [5.41, 5.74) is 0.441. The molecule has 0 fully saturated rings. The normalized spacial score (nSPS) is 14.3. The molecule has 0 amide bonds. The van der Waals surface area contributed by atoms with Crippen molar-refractivity contribution in [3.63, 3.8) is 0 Å². The van der Waals surface area contributed by atoms with Crippen molar-refractivity contribution in [3.8, 4) is 0 Å². The molecule has 4 nitrogen and oxygen atoms in total. The monoisotopic (exact) mass is 280 g/mol. The van der Waals surface area contributed by atoms with E-state index < -0.39 is 7.82 Å². The molecule has 0 radical (unpaired) electrons. The van der Waals surface area contributed by atoms with Crippen LogP contribution in [0.1, 0.15) is 60.8 Å². The summed E-state index contributed by atoms with van der Waals surface area (Å²) in [6.07, 6.45) is 2.77. The Hall–Kier alpha value is 0.110. The van der Waals surface area contributed by atoms with Crippen molar-refractivity contribution in [2.24, 2.45) is 16.7 Å². The van der Waals surface area contributed by atoms with Gasteiger partial charge < -0.3 is 9.79 Å². The van der Waals surface area contributed by atoms with E-state index in [1.807, 2.05) is 0 Å². The highest BCUT2D eigenvalue weighted by Gasteiger charge is 2.24. The first-order valence-corrected chi connectivity index (χ1v) is 8.02. The SMILES string of the molecule is CC(C)(C)CC(CCOP(=O)(O)O)CC(C)(C)C. The van der Waals surface area contributed by atoms with Crippen molar-refractivity contribution in [2.75, 3.05) is 6.61 Å². The minimum atomic E-state index is -4.32. The zero-order valence-electron chi connectivity index (χ0n) is 12.6. The molecule has 5 heteroatoms. The molecular weight excluding hydrogens is 251 g/mol. The lowest BCUT2D eigenvalue weighted by molar-refractivity contribution is 0.153. The maximum atomic E-state index is 10.7. The third kappa shape index (κ3) is 12.6. The molecule has 0 aliphatic carbocycles. The first-order chi connectivity index (χ1) is 7.79. The fourth-order valence-electron chi connectivity index (χ4n) is 2.35. The topological polar surface area (TPSA) is 66.8 Å². The standard InChI is InChI=1S/C13H29O4P/c1-12(2,3)9-11(10-13(4,5)6)7-8-17-18(14,15)16/h11H,7-10H2,1-6H3,(H2,14,15,16). The van der Waals surface area contributed by atoms with Crippen molar-refractivity contribution in [1.29, 1.82) is 0 Å². The van der Waals surface area contributed by atoms with Crippen LogP contribution in [-0.2, 0) is 9.09 Å². The zero-order valence-corrected chi connectivity index (χ0v) is 13.5. The summed E-state index contributed by atoms with van der Waals surface area (Å²) >= 11 is 0. The Kier molecular flexibility index (Phi) is 6.55. The van der Waals surface area contributed by atoms with Gasteiger partial charge in [0.05, 0.1) is 6.61 Å². The van der Waals surface area contributed by atoms with E-state index in [0.29, 0.717) is 12.3 Å². The molecule has 0 atom stereocenters. The van der Waals surface area contributed by atoms with Crippen LogP contribution in [0.15, 0.2) is 0 Å². The van der Waals surface area contributed by atoms with E-state index in [4.69, 9.17) is 9.79 Å². The summed E-state index contributed by atoms with van der Waals surface area (Å²) in [6, 6.07) is 0. The van der Waals surface area contributed by atoms with Crippen LogP contribution in [0.5, 0.6) is 0 Å². The van der Waals surface area contributed by atoms with E-state index in [0.717, 1.165) is 12.8 Å². The van der Waals surface area contributed by atoms with E-state index in [9.17, 15) is 4.57 Å². The van der Waals surface area contributed by atoms with Gasteiger partial charge in [0.1, 0.15) is 0 Å². The van der Waals surface area contributed by atoms with Crippen molar-refractivity contribution >= 4 is 7.82 Å². The average Bonchev–Trinajstić information content (AvgIpc) is 1.93. The number of hydrogen-bond acceptors (Lipinski definition) is 2. The second-order valence-corrected chi connectivity index (χ2v) is 8.75. The number of rotatable bonds is 6. The molecule has 0 unspecified atom stereocenters. The fourth-order valence-corrected chi connectivity index (χ4v) is 2.69. The van der Waals surface area contributed by atoms with Gasteiger partial charge in [-0.2, -0.15) is 0 Å². The summed E-state index contributed by atoms with van der Waals surface area (Å²) in [4.78, 5) is 17.4. The van der Waals surface area contributed by atoms with Crippen molar-refractivity contribution in [1.82, 2.24) is 0 Å². The zero-order chi connectivity index (χ0) is 14.6. The van der Waals surface area contributed by atoms with Crippen LogP contribution in [0.4, 0.5) is 0 Å². The predicted molar refractivity (Wildman–Crippen MR) is 74.2 cm³/mol. The van der Waals surface area contributed by atoms with Crippen LogP contribution in [0.2, 0.25) is 0 Å². The van der Waals surface area contributed by atoms with Gasteiger partial charge in [0.15, 0.2) is 0 Å². The summed E-state index contributed by atoms with van der Waals surface area (Å²) in [7, 11) is -4.32. The van der Waals surface area contributed by atoms with E-state index in [2.05, 4.69) is 46.1 Å². The second kappa shape index (κ2) is 6.51. The Morgan fingerprint density at radius 1 is 1.00 bits per heavy atom. The molecular formula is C13H29O4P. The molecule has 0 aliphatic rings. The summed E-state index contributed by atoms with van der Waals surface area (Å²) in [6.45, 7) is 13.2. The smallest absolute Gasteiger partial charge is 0.303 e. The van der Waals surface area contributed by atoms with Crippen LogP contribution in [0, 0.1) is 16.7 Å². The molecule has 0 heterocycles. The molecule has 0 saturated heterocycles. The number of hydrogen-bond donors (Lipinski definition) is 2. The molecule has 0 bridgehead atoms. The number of phosphoric ester groups is 1. The Morgan fingerprint density at radius 2 is 1.39 bits per heavy atom. The highest BCUT2D eigenvalue weighted by molar-refractivity contribution is 7.46. The lowest BCUT2D eigenvalue weighted by Gasteiger charge is -2.31. The quantitative estimate of drug-likeness (QED) is 0.722. The molecule has 2 N–H and O–H groups in total. The van der Waals surface area contributed by atoms with Gasteiger partial charge in [-0.25, -0.2) is 4.57 Å². The van der Waals surface area contributed by atoms with Crippen LogP contribution in [0.3, 0.4) is 0 Å².